The summed E-state index contributed by atoms with van der Waals surface area (Å²) in [5.41, 5.74) is 1.34. The number of benzene rings is 1. The van der Waals surface area contributed by atoms with Crippen LogP contribution >= 0.6 is 0 Å². The highest BCUT2D eigenvalue weighted by molar-refractivity contribution is 6.03. The third-order valence-corrected chi connectivity index (χ3v) is 6.08. The van der Waals surface area contributed by atoms with Gasteiger partial charge in [-0.1, -0.05) is 104 Å². The van der Waals surface area contributed by atoms with E-state index < -0.39 is 11.9 Å². The van der Waals surface area contributed by atoms with Gasteiger partial charge in [0, 0.05) is 0 Å². The van der Waals surface area contributed by atoms with Gasteiger partial charge in [-0.3, -0.25) is 0 Å². The SMILES string of the molecule is CC1(C)CC1.CCCCCCCCOC(=O)c1ccccc1C(=O)OCCCCCCCC. The van der Waals surface area contributed by atoms with E-state index in [1.807, 2.05) is 0 Å². The molecule has 0 radical (unpaired) electrons. The third-order valence-electron chi connectivity index (χ3n) is 6.08. The quantitative estimate of drug-likeness (QED) is 0.183. The summed E-state index contributed by atoms with van der Waals surface area (Å²) < 4.78 is 10.7. The van der Waals surface area contributed by atoms with E-state index in [1.165, 1.54) is 64.2 Å². The number of unbranched alkanes of at least 4 members (excludes halogenated alkanes) is 10. The molecule has 33 heavy (non-hydrogen) atoms. The van der Waals surface area contributed by atoms with Crippen LogP contribution in [0.4, 0.5) is 0 Å². The fourth-order valence-corrected chi connectivity index (χ4v) is 3.34. The van der Waals surface area contributed by atoms with Crippen molar-refractivity contribution in [3.63, 3.8) is 0 Å². The first-order valence-corrected chi connectivity index (χ1v) is 13.3. The summed E-state index contributed by atoms with van der Waals surface area (Å²) in [5, 5.41) is 0. The molecule has 2 rings (SSSR count). The van der Waals surface area contributed by atoms with Gasteiger partial charge in [0.2, 0.25) is 0 Å². The first-order chi connectivity index (χ1) is 15.9. The fourth-order valence-electron chi connectivity index (χ4n) is 3.34. The van der Waals surface area contributed by atoms with Crippen molar-refractivity contribution >= 4 is 11.9 Å². The van der Waals surface area contributed by atoms with Crippen LogP contribution in [0.2, 0.25) is 0 Å². The minimum Gasteiger partial charge on any atom is -0.462 e. The van der Waals surface area contributed by atoms with Gasteiger partial charge in [0.15, 0.2) is 0 Å². The normalized spacial score (nSPS) is 13.6. The smallest absolute Gasteiger partial charge is 0.339 e. The molecule has 0 heterocycles. The largest absolute Gasteiger partial charge is 0.462 e. The van der Waals surface area contributed by atoms with Crippen molar-refractivity contribution in [1.29, 1.82) is 0 Å². The lowest BCUT2D eigenvalue weighted by Crippen LogP contribution is -2.15. The highest BCUT2D eigenvalue weighted by atomic mass is 16.5. The number of esters is 2. The second kappa shape index (κ2) is 17.6. The molecule has 0 spiro atoms. The van der Waals surface area contributed by atoms with E-state index in [-0.39, 0.29) is 0 Å². The van der Waals surface area contributed by atoms with Gasteiger partial charge in [0.25, 0.3) is 0 Å². The van der Waals surface area contributed by atoms with Crippen LogP contribution in [-0.4, -0.2) is 25.2 Å². The average Bonchev–Trinajstić information content (AvgIpc) is 3.52. The summed E-state index contributed by atoms with van der Waals surface area (Å²) in [6.07, 6.45) is 16.5. The summed E-state index contributed by atoms with van der Waals surface area (Å²) in [6, 6.07) is 6.74. The van der Waals surface area contributed by atoms with Gasteiger partial charge in [-0.25, -0.2) is 9.59 Å². The lowest BCUT2D eigenvalue weighted by molar-refractivity contribution is 0.0450. The number of hydrogen-bond acceptors (Lipinski definition) is 4. The van der Waals surface area contributed by atoms with E-state index in [9.17, 15) is 9.59 Å². The van der Waals surface area contributed by atoms with Gasteiger partial charge in [0.05, 0.1) is 24.3 Å². The van der Waals surface area contributed by atoms with Crippen molar-refractivity contribution in [1.82, 2.24) is 0 Å². The standard InChI is InChI=1S/C24H38O4.C5H10/c1-3-5-7-9-11-15-19-27-23(25)21-17-13-14-18-22(21)24(26)28-20-16-12-10-8-6-4-2;1-5(2)3-4-5/h13-14,17-18H,3-12,15-16,19-20H2,1-2H3;3-4H2,1-2H3. The van der Waals surface area contributed by atoms with Crippen LogP contribution in [0.3, 0.4) is 0 Å². The van der Waals surface area contributed by atoms with E-state index in [1.54, 1.807) is 24.3 Å². The summed E-state index contributed by atoms with van der Waals surface area (Å²) in [6.45, 7) is 9.77. The maximum atomic E-state index is 12.4. The molecule has 0 atom stereocenters. The van der Waals surface area contributed by atoms with E-state index >= 15 is 0 Å². The molecule has 0 unspecified atom stereocenters. The van der Waals surface area contributed by atoms with E-state index in [0.29, 0.717) is 24.3 Å². The van der Waals surface area contributed by atoms with Gasteiger partial charge >= 0.3 is 11.9 Å². The predicted octanol–water partition coefficient (Wildman–Crippen LogP) is 8.53. The summed E-state index contributed by atoms with van der Waals surface area (Å²) in [5.74, 6) is -0.888. The van der Waals surface area contributed by atoms with Crippen molar-refractivity contribution < 1.29 is 19.1 Å². The molecule has 1 fully saturated rings. The zero-order chi connectivity index (χ0) is 24.4. The molecule has 0 amide bonds. The minimum atomic E-state index is -0.444. The Kier molecular flexibility index (Phi) is 15.6. The zero-order valence-electron chi connectivity index (χ0n) is 21.8. The Labute approximate surface area is 202 Å². The van der Waals surface area contributed by atoms with Crippen molar-refractivity contribution in [2.24, 2.45) is 5.41 Å². The molecule has 0 aromatic heterocycles. The van der Waals surface area contributed by atoms with Gasteiger partial charge < -0.3 is 9.47 Å². The molecule has 1 aromatic rings. The van der Waals surface area contributed by atoms with Crippen molar-refractivity contribution in [2.75, 3.05) is 13.2 Å². The average molecular weight is 461 g/mol. The maximum Gasteiger partial charge on any atom is 0.339 e. The number of carbonyl (C=O) groups is 2. The molecule has 0 N–H and O–H groups in total. The van der Waals surface area contributed by atoms with Crippen LogP contribution in [0.15, 0.2) is 24.3 Å². The molecule has 1 aliphatic rings. The summed E-state index contributed by atoms with van der Waals surface area (Å²) in [4.78, 5) is 24.7. The number of ether oxygens (including phenoxy) is 2. The van der Waals surface area contributed by atoms with E-state index in [0.717, 1.165) is 31.1 Å². The van der Waals surface area contributed by atoms with Crippen molar-refractivity contribution in [2.45, 2.75) is 118 Å². The fraction of sp³-hybridized carbons (Fsp3) is 0.724. The minimum absolute atomic E-state index is 0.293. The Morgan fingerprint density at radius 2 is 1.00 bits per heavy atom. The van der Waals surface area contributed by atoms with Crippen LogP contribution in [-0.2, 0) is 9.47 Å². The number of rotatable bonds is 16. The predicted molar refractivity (Wildman–Crippen MR) is 137 cm³/mol. The first-order valence-electron chi connectivity index (χ1n) is 13.3. The Balaban J connectivity index is 0.000000953. The molecule has 0 saturated heterocycles. The number of carbonyl (C=O) groups excluding carboxylic acids is 2. The Hall–Kier alpha value is -1.84. The topological polar surface area (TPSA) is 52.6 Å². The van der Waals surface area contributed by atoms with Crippen molar-refractivity contribution in [3.8, 4) is 0 Å². The van der Waals surface area contributed by atoms with E-state index in [4.69, 9.17) is 9.47 Å². The second-order valence-corrected chi connectivity index (χ2v) is 10.0. The molecular weight excluding hydrogens is 412 g/mol. The Bertz CT molecular complexity index is 610. The van der Waals surface area contributed by atoms with Gasteiger partial charge in [0.1, 0.15) is 0 Å². The van der Waals surface area contributed by atoms with Crippen LogP contribution < -0.4 is 0 Å². The molecule has 1 aromatic carbocycles. The molecule has 0 aliphatic heterocycles. The highest BCUT2D eigenvalue weighted by Gasteiger charge is 2.30. The molecule has 188 valence electrons. The second-order valence-electron chi connectivity index (χ2n) is 10.0. The molecule has 4 heteroatoms. The molecule has 1 aliphatic carbocycles. The molecule has 0 bridgehead atoms. The summed E-state index contributed by atoms with van der Waals surface area (Å²) >= 11 is 0. The molecule has 4 nitrogen and oxygen atoms in total. The Morgan fingerprint density at radius 1 is 0.667 bits per heavy atom. The van der Waals surface area contributed by atoms with E-state index in [2.05, 4.69) is 27.7 Å². The Morgan fingerprint density at radius 3 is 1.33 bits per heavy atom. The van der Waals surface area contributed by atoms with Gasteiger partial charge in [-0.2, -0.15) is 0 Å². The monoisotopic (exact) mass is 460 g/mol. The number of hydrogen-bond donors (Lipinski definition) is 0. The van der Waals surface area contributed by atoms with Crippen molar-refractivity contribution in [3.05, 3.63) is 35.4 Å². The van der Waals surface area contributed by atoms with Crippen LogP contribution in [0.1, 0.15) is 138 Å². The van der Waals surface area contributed by atoms with Gasteiger partial charge in [-0.05, 0) is 43.2 Å². The third kappa shape index (κ3) is 14.8. The lowest BCUT2D eigenvalue weighted by atomic mass is 10.1. The van der Waals surface area contributed by atoms with Crippen LogP contribution in [0.5, 0.6) is 0 Å². The zero-order valence-corrected chi connectivity index (χ0v) is 21.8. The lowest BCUT2D eigenvalue weighted by Gasteiger charge is -2.10. The highest BCUT2D eigenvalue weighted by Crippen LogP contribution is 2.43. The van der Waals surface area contributed by atoms with Gasteiger partial charge in [-0.15, -0.1) is 0 Å². The first kappa shape index (κ1) is 29.2. The maximum absolute atomic E-state index is 12.4. The summed E-state index contributed by atoms with van der Waals surface area (Å²) in [7, 11) is 0. The van der Waals surface area contributed by atoms with Crippen LogP contribution in [0.25, 0.3) is 0 Å². The molecule has 1 saturated carbocycles. The molecular formula is C29H48O4. The van der Waals surface area contributed by atoms with Crippen LogP contribution in [0, 0.1) is 5.41 Å².